The monoisotopic (exact) mass is 424 g/mol. The maximum Gasteiger partial charge on any atom is 0.305 e. The number of benzene rings is 2. The van der Waals surface area contributed by atoms with E-state index in [-0.39, 0.29) is 28.0 Å². The van der Waals surface area contributed by atoms with Crippen molar-refractivity contribution in [2.45, 2.75) is 37.1 Å². The number of hydrogen-bond donors (Lipinski definition) is 2. The first kappa shape index (κ1) is 20.0. The van der Waals surface area contributed by atoms with Gasteiger partial charge in [0, 0.05) is 22.2 Å². The highest BCUT2D eigenvalue weighted by atomic mass is 32.2. The number of thiazole rings is 1. The molecule has 0 saturated carbocycles. The molecule has 1 aromatic heterocycles. The standard InChI is InChI=1S/C23H24N2O2S2/c1-23(2,3)15-11-9-14(10-12-15)18-17(13-28-21-19(18)29-22(27)25-21)20(26)24-16-7-5-4-6-8-16/h4-12,17-18H,13H2,1-3H3,(H,24,26)(H,25,27)/t17-,18+/m0/s1. The molecule has 4 rings (SSSR count). The van der Waals surface area contributed by atoms with Gasteiger partial charge in [-0.15, -0.1) is 11.8 Å². The van der Waals surface area contributed by atoms with E-state index >= 15 is 0 Å². The van der Waals surface area contributed by atoms with Crippen LogP contribution in [0.15, 0.2) is 64.4 Å². The summed E-state index contributed by atoms with van der Waals surface area (Å²) in [4.78, 5) is 29.1. The minimum absolute atomic E-state index is 0.0138. The highest BCUT2D eigenvalue weighted by Crippen LogP contribution is 2.45. The maximum atomic E-state index is 13.2. The number of para-hydroxylation sites is 1. The van der Waals surface area contributed by atoms with Crippen molar-refractivity contribution in [1.29, 1.82) is 0 Å². The molecule has 1 amide bonds. The Morgan fingerprint density at radius 2 is 1.76 bits per heavy atom. The molecule has 2 heterocycles. The van der Waals surface area contributed by atoms with Crippen LogP contribution >= 0.6 is 23.1 Å². The van der Waals surface area contributed by atoms with Gasteiger partial charge in [0.05, 0.1) is 10.9 Å². The topological polar surface area (TPSA) is 62.0 Å². The zero-order valence-corrected chi connectivity index (χ0v) is 18.3. The van der Waals surface area contributed by atoms with Crippen molar-refractivity contribution in [2.75, 3.05) is 11.1 Å². The molecule has 2 atom stereocenters. The van der Waals surface area contributed by atoms with Crippen LogP contribution in [0, 0.1) is 5.92 Å². The molecule has 0 fully saturated rings. The minimum atomic E-state index is -0.250. The summed E-state index contributed by atoms with van der Waals surface area (Å²) < 4.78 is 0. The molecule has 2 N–H and O–H groups in total. The lowest BCUT2D eigenvalue weighted by Gasteiger charge is -2.30. The number of anilines is 1. The second-order valence-corrected chi connectivity index (χ2v) is 10.4. The van der Waals surface area contributed by atoms with Gasteiger partial charge in [-0.1, -0.05) is 74.6 Å². The van der Waals surface area contributed by atoms with E-state index < -0.39 is 0 Å². The van der Waals surface area contributed by atoms with Crippen molar-refractivity contribution in [3.63, 3.8) is 0 Å². The summed E-state index contributed by atoms with van der Waals surface area (Å²) in [5.41, 5.74) is 3.18. The van der Waals surface area contributed by atoms with Crippen molar-refractivity contribution in [1.82, 2.24) is 4.98 Å². The van der Waals surface area contributed by atoms with E-state index in [1.807, 2.05) is 30.3 Å². The van der Waals surface area contributed by atoms with Crippen LogP contribution in [0.5, 0.6) is 0 Å². The average molecular weight is 425 g/mol. The highest BCUT2D eigenvalue weighted by Gasteiger charge is 2.38. The van der Waals surface area contributed by atoms with Crippen LogP contribution < -0.4 is 10.2 Å². The number of nitrogens with one attached hydrogen (secondary N) is 2. The molecular formula is C23H24N2O2S2. The quantitative estimate of drug-likeness (QED) is 0.605. The van der Waals surface area contributed by atoms with Gasteiger partial charge in [0.25, 0.3) is 0 Å². The zero-order chi connectivity index (χ0) is 20.6. The Bertz CT molecular complexity index is 1060. The number of aromatic nitrogens is 1. The van der Waals surface area contributed by atoms with Crippen LogP contribution in [-0.4, -0.2) is 16.6 Å². The number of carbonyl (C=O) groups excluding carboxylic acids is 1. The predicted molar refractivity (Wildman–Crippen MR) is 121 cm³/mol. The molecule has 0 radical (unpaired) electrons. The third-order valence-corrected chi connectivity index (χ3v) is 7.48. The molecule has 3 aromatic rings. The average Bonchev–Trinajstić information content (AvgIpc) is 3.07. The summed E-state index contributed by atoms with van der Waals surface area (Å²) >= 11 is 2.77. The van der Waals surface area contributed by atoms with Gasteiger partial charge < -0.3 is 10.3 Å². The SMILES string of the molecule is CC(C)(C)c1ccc([C@H]2c3sc(=O)[nH]c3SC[C@@H]2C(=O)Nc2ccccc2)cc1. The number of thioether (sulfide) groups is 1. The first-order valence-electron chi connectivity index (χ1n) is 9.65. The fourth-order valence-electron chi connectivity index (χ4n) is 3.65. The van der Waals surface area contributed by atoms with Crippen molar-refractivity contribution < 1.29 is 4.79 Å². The van der Waals surface area contributed by atoms with Gasteiger partial charge in [-0.2, -0.15) is 0 Å². The Kier molecular flexibility index (Phi) is 5.40. The van der Waals surface area contributed by atoms with Gasteiger partial charge in [-0.05, 0) is 28.7 Å². The number of H-pyrrole nitrogens is 1. The summed E-state index contributed by atoms with van der Waals surface area (Å²) in [7, 11) is 0. The van der Waals surface area contributed by atoms with Crippen LogP contribution in [0.3, 0.4) is 0 Å². The Morgan fingerprint density at radius 3 is 2.41 bits per heavy atom. The molecule has 1 aliphatic heterocycles. The molecule has 6 heteroatoms. The van der Waals surface area contributed by atoms with Gasteiger partial charge in [-0.3, -0.25) is 9.59 Å². The molecule has 0 saturated heterocycles. The lowest BCUT2D eigenvalue weighted by atomic mass is 9.82. The van der Waals surface area contributed by atoms with Gasteiger partial charge in [0.15, 0.2) is 0 Å². The van der Waals surface area contributed by atoms with Crippen molar-refractivity contribution in [3.8, 4) is 0 Å². The smallest absolute Gasteiger partial charge is 0.305 e. The van der Waals surface area contributed by atoms with Crippen molar-refractivity contribution >= 4 is 34.7 Å². The van der Waals surface area contributed by atoms with E-state index in [0.29, 0.717) is 5.75 Å². The van der Waals surface area contributed by atoms with Gasteiger partial charge in [-0.25, -0.2) is 0 Å². The normalized spacial score (nSPS) is 18.9. The largest absolute Gasteiger partial charge is 0.326 e. The molecule has 0 unspecified atom stereocenters. The third kappa shape index (κ3) is 4.19. The third-order valence-electron chi connectivity index (χ3n) is 5.25. The second-order valence-electron chi connectivity index (χ2n) is 8.33. The fourth-order valence-corrected chi connectivity index (χ4v) is 6.06. The van der Waals surface area contributed by atoms with Crippen LogP contribution in [0.1, 0.15) is 42.7 Å². The lowest BCUT2D eigenvalue weighted by molar-refractivity contribution is -0.119. The first-order chi connectivity index (χ1) is 13.8. The molecule has 4 nitrogen and oxygen atoms in total. The highest BCUT2D eigenvalue weighted by molar-refractivity contribution is 7.99. The van der Waals surface area contributed by atoms with Gasteiger partial charge in [0.1, 0.15) is 0 Å². The molecule has 150 valence electrons. The van der Waals surface area contributed by atoms with E-state index in [1.165, 1.54) is 16.9 Å². The summed E-state index contributed by atoms with van der Waals surface area (Å²) in [6.07, 6.45) is 0. The molecular weight excluding hydrogens is 400 g/mol. The molecule has 1 aliphatic rings. The van der Waals surface area contributed by atoms with E-state index in [0.717, 1.165) is 21.2 Å². The number of amides is 1. The molecule has 0 spiro atoms. The first-order valence-corrected chi connectivity index (χ1v) is 11.5. The van der Waals surface area contributed by atoms with Crippen LogP contribution in [0.2, 0.25) is 0 Å². The summed E-state index contributed by atoms with van der Waals surface area (Å²) in [6, 6.07) is 18.0. The van der Waals surface area contributed by atoms with E-state index in [4.69, 9.17) is 0 Å². The summed E-state index contributed by atoms with van der Waals surface area (Å²) in [5.74, 6) is 0.233. The van der Waals surface area contributed by atoms with Crippen LogP contribution in [0.25, 0.3) is 0 Å². The Balaban J connectivity index is 1.71. The number of rotatable bonds is 3. The number of aromatic amines is 1. The van der Waals surface area contributed by atoms with Crippen LogP contribution in [0.4, 0.5) is 5.69 Å². The Labute approximate surface area is 178 Å². The van der Waals surface area contributed by atoms with E-state index in [9.17, 15) is 9.59 Å². The number of hydrogen-bond acceptors (Lipinski definition) is 4. The lowest BCUT2D eigenvalue weighted by Crippen LogP contribution is -2.32. The molecule has 0 bridgehead atoms. The molecule has 29 heavy (non-hydrogen) atoms. The van der Waals surface area contributed by atoms with Crippen molar-refractivity contribution in [2.24, 2.45) is 5.92 Å². The summed E-state index contributed by atoms with van der Waals surface area (Å²) in [6.45, 7) is 6.56. The van der Waals surface area contributed by atoms with Gasteiger partial charge in [0.2, 0.25) is 5.91 Å². The molecule has 0 aliphatic carbocycles. The van der Waals surface area contributed by atoms with E-state index in [2.05, 4.69) is 55.3 Å². The summed E-state index contributed by atoms with van der Waals surface area (Å²) in [5, 5.41) is 3.95. The zero-order valence-electron chi connectivity index (χ0n) is 16.7. The van der Waals surface area contributed by atoms with Crippen LogP contribution in [-0.2, 0) is 10.2 Å². The molecule has 2 aromatic carbocycles. The van der Waals surface area contributed by atoms with E-state index in [1.54, 1.807) is 11.8 Å². The van der Waals surface area contributed by atoms with Crippen molar-refractivity contribution in [3.05, 3.63) is 80.3 Å². The minimum Gasteiger partial charge on any atom is -0.326 e. The Morgan fingerprint density at radius 1 is 1.07 bits per heavy atom. The fraction of sp³-hybridized carbons (Fsp3) is 0.304. The second kappa shape index (κ2) is 7.84. The Hall–Kier alpha value is -2.31. The predicted octanol–water partition coefficient (Wildman–Crippen LogP) is 5.23. The number of fused-ring (bicyclic) bond motifs is 1. The maximum absolute atomic E-state index is 13.2. The van der Waals surface area contributed by atoms with Gasteiger partial charge >= 0.3 is 4.87 Å². The number of carbonyl (C=O) groups is 1.